The number of nitrogens with two attached hydrogens (primary N) is 1. The van der Waals surface area contributed by atoms with Crippen molar-refractivity contribution in [3.8, 4) is 0 Å². The van der Waals surface area contributed by atoms with Gasteiger partial charge in [-0.25, -0.2) is 0 Å². The van der Waals surface area contributed by atoms with Gasteiger partial charge in [-0.1, -0.05) is 34.1 Å². The van der Waals surface area contributed by atoms with E-state index in [9.17, 15) is 4.79 Å². The molecule has 0 spiro atoms. The molecule has 21 heavy (non-hydrogen) atoms. The van der Waals surface area contributed by atoms with Gasteiger partial charge in [0.1, 0.15) is 9.88 Å². The summed E-state index contributed by atoms with van der Waals surface area (Å²) in [5.41, 5.74) is 7.76. The Balaban J connectivity index is 2.24. The van der Waals surface area contributed by atoms with Gasteiger partial charge in [-0.15, -0.1) is 23.1 Å². The molecule has 1 aromatic carbocycles. The zero-order chi connectivity index (χ0) is 15.4. The quantitative estimate of drug-likeness (QED) is 0.684. The molecule has 1 aromatic heterocycles. The molecule has 4 nitrogen and oxygen atoms in total. The van der Waals surface area contributed by atoms with Crippen molar-refractivity contribution >= 4 is 55.6 Å². The first kappa shape index (κ1) is 16.2. The van der Waals surface area contributed by atoms with Crippen LogP contribution in [0, 0.1) is 0 Å². The van der Waals surface area contributed by atoms with Crippen LogP contribution < -0.4 is 16.4 Å². The molecule has 2 rings (SSSR count). The summed E-state index contributed by atoms with van der Waals surface area (Å²) >= 11 is 6.45. The Labute approximate surface area is 140 Å². The summed E-state index contributed by atoms with van der Waals surface area (Å²) in [5.74, 6) is -0.151. The predicted octanol–water partition coefficient (Wildman–Crippen LogP) is 3.79. The van der Waals surface area contributed by atoms with E-state index in [1.165, 1.54) is 11.3 Å². The predicted molar refractivity (Wildman–Crippen MR) is 95.4 cm³/mol. The number of halogens is 1. The van der Waals surface area contributed by atoms with Crippen LogP contribution in [0.1, 0.15) is 15.2 Å². The minimum atomic E-state index is -0.151. The van der Waals surface area contributed by atoms with Crippen LogP contribution in [0.2, 0.25) is 0 Å². The fourth-order valence-corrected chi connectivity index (χ4v) is 4.25. The van der Waals surface area contributed by atoms with E-state index in [0.29, 0.717) is 17.1 Å². The zero-order valence-electron chi connectivity index (χ0n) is 11.7. The third-order valence-corrected chi connectivity index (χ3v) is 5.83. The maximum Gasteiger partial charge on any atom is 0.263 e. The highest BCUT2D eigenvalue weighted by Crippen LogP contribution is 2.41. The van der Waals surface area contributed by atoms with Gasteiger partial charge in [0.05, 0.1) is 10.6 Å². The smallest absolute Gasteiger partial charge is 0.263 e. The van der Waals surface area contributed by atoms with Gasteiger partial charge in [0, 0.05) is 18.1 Å². The molecular weight excluding hydrogens is 370 g/mol. The number of carbonyl (C=O) groups is 1. The summed E-state index contributed by atoms with van der Waals surface area (Å²) in [6, 6.07) is 8.03. The Hall–Kier alpha value is -1.18. The second kappa shape index (κ2) is 7.20. The van der Waals surface area contributed by atoms with Crippen molar-refractivity contribution in [1.29, 1.82) is 0 Å². The Morgan fingerprint density at radius 3 is 2.76 bits per heavy atom. The van der Waals surface area contributed by atoms with Gasteiger partial charge in [-0.05, 0) is 17.9 Å². The van der Waals surface area contributed by atoms with E-state index >= 15 is 0 Å². The van der Waals surface area contributed by atoms with Gasteiger partial charge < -0.3 is 16.4 Å². The summed E-state index contributed by atoms with van der Waals surface area (Å²) in [5, 5.41) is 6.91. The molecule has 4 N–H and O–H groups in total. The van der Waals surface area contributed by atoms with Crippen molar-refractivity contribution in [3.05, 3.63) is 39.2 Å². The van der Waals surface area contributed by atoms with E-state index in [4.69, 9.17) is 5.73 Å². The topological polar surface area (TPSA) is 67.2 Å². The van der Waals surface area contributed by atoms with Crippen molar-refractivity contribution < 1.29 is 4.79 Å². The summed E-state index contributed by atoms with van der Waals surface area (Å²) < 4.78 is 1.05. The largest absolute Gasteiger partial charge is 0.396 e. The summed E-state index contributed by atoms with van der Waals surface area (Å²) in [7, 11) is 1.61. The van der Waals surface area contributed by atoms with Gasteiger partial charge in [-0.3, -0.25) is 4.79 Å². The Morgan fingerprint density at radius 2 is 2.14 bits per heavy atom. The monoisotopic (exact) mass is 385 g/mol. The normalized spacial score (nSPS) is 10.4. The highest BCUT2D eigenvalue weighted by Gasteiger charge is 2.19. The molecular formula is C14H16BrN3OS2. The molecule has 0 saturated carbocycles. The summed E-state index contributed by atoms with van der Waals surface area (Å²) in [6.45, 7) is 0.669. The maximum absolute atomic E-state index is 11.8. The number of amides is 1. The average Bonchev–Trinajstić information content (AvgIpc) is 2.81. The molecule has 0 atom stereocenters. The molecule has 2 aromatic rings. The molecule has 1 heterocycles. The maximum atomic E-state index is 11.8. The fraction of sp³-hybridized carbons (Fsp3) is 0.214. The van der Waals surface area contributed by atoms with Gasteiger partial charge >= 0.3 is 0 Å². The molecule has 0 bridgehead atoms. The molecule has 7 heteroatoms. The molecule has 0 unspecified atom stereocenters. The van der Waals surface area contributed by atoms with Crippen LogP contribution in [0.3, 0.4) is 0 Å². The number of nitrogen functional groups attached to an aromatic ring is 1. The SMILES string of the molecule is CNC(=O)c1sc(NCc2ccccc2Br)c(SC)c1N. The van der Waals surface area contributed by atoms with Crippen LogP contribution in [0.25, 0.3) is 0 Å². The van der Waals surface area contributed by atoms with Crippen molar-refractivity contribution in [3.63, 3.8) is 0 Å². The van der Waals surface area contributed by atoms with Crippen LogP contribution in [0.5, 0.6) is 0 Å². The lowest BCUT2D eigenvalue weighted by Gasteiger charge is -2.08. The number of thioether (sulfide) groups is 1. The van der Waals surface area contributed by atoms with E-state index in [2.05, 4.69) is 26.6 Å². The fourth-order valence-electron chi connectivity index (χ4n) is 1.85. The molecule has 0 radical (unpaired) electrons. The van der Waals surface area contributed by atoms with Crippen LogP contribution in [0.4, 0.5) is 10.7 Å². The van der Waals surface area contributed by atoms with Crippen molar-refractivity contribution in [2.75, 3.05) is 24.4 Å². The highest BCUT2D eigenvalue weighted by atomic mass is 79.9. The number of anilines is 2. The second-order valence-corrected chi connectivity index (χ2v) is 6.92. The Kier molecular flexibility index (Phi) is 5.55. The summed E-state index contributed by atoms with van der Waals surface area (Å²) in [4.78, 5) is 13.3. The number of hydrogen-bond donors (Lipinski definition) is 3. The second-order valence-electron chi connectivity index (χ2n) is 4.23. The Bertz CT molecular complexity index is 658. The van der Waals surface area contributed by atoms with Crippen LogP contribution >= 0.6 is 39.0 Å². The minimum absolute atomic E-state index is 0.151. The lowest BCUT2D eigenvalue weighted by atomic mass is 10.2. The van der Waals surface area contributed by atoms with E-state index in [0.717, 1.165) is 19.9 Å². The number of nitrogens with one attached hydrogen (secondary N) is 2. The van der Waals surface area contributed by atoms with Crippen LogP contribution in [-0.2, 0) is 6.54 Å². The van der Waals surface area contributed by atoms with Gasteiger partial charge in [0.25, 0.3) is 5.91 Å². The molecule has 1 amide bonds. The standard InChI is InChI=1S/C14H16BrN3OS2/c1-17-13(19)11-10(16)12(20-2)14(21-11)18-7-8-5-3-4-6-9(8)15/h3-6,18H,7,16H2,1-2H3,(H,17,19). The van der Waals surface area contributed by atoms with Gasteiger partial charge in [-0.2, -0.15) is 0 Å². The van der Waals surface area contributed by atoms with Crippen LogP contribution in [0.15, 0.2) is 33.6 Å². The molecule has 0 aliphatic rings. The van der Waals surface area contributed by atoms with E-state index < -0.39 is 0 Å². The number of hydrogen-bond acceptors (Lipinski definition) is 5. The van der Waals surface area contributed by atoms with Gasteiger partial charge in [0.15, 0.2) is 0 Å². The van der Waals surface area contributed by atoms with E-state index in [1.54, 1.807) is 18.8 Å². The van der Waals surface area contributed by atoms with Crippen molar-refractivity contribution in [1.82, 2.24) is 5.32 Å². The molecule has 112 valence electrons. The molecule has 0 aliphatic heterocycles. The molecule has 0 aliphatic carbocycles. The minimum Gasteiger partial charge on any atom is -0.396 e. The number of carbonyl (C=O) groups excluding carboxylic acids is 1. The van der Waals surface area contributed by atoms with Crippen molar-refractivity contribution in [2.45, 2.75) is 11.4 Å². The third kappa shape index (κ3) is 3.53. The lowest BCUT2D eigenvalue weighted by Crippen LogP contribution is -2.17. The van der Waals surface area contributed by atoms with Crippen LogP contribution in [-0.4, -0.2) is 19.2 Å². The number of rotatable bonds is 5. The molecule has 0 saturated heterocycles. The van der Waals surface area contributed by atoms with E-state index in [-0.39, 0.29) is 5.91 Å². The first-order valence-corrected chi connectivity index (χ1v) is 9.07. The van der Waals surface area contributed by atoms with Crippen molar-refractivity contribution in [2.24, 2.45) is 0 Å². The number of benzene rings is 1. The Morgan fingerprint density at radius 1 is 1.43 bits per heavy atom. The molecule has 0 fully saturated rings. The average molecular weight is 386 g/mol. The third-order valence-electron chi connectivity index (χ3n) is 2.93. The lowest BCUT2D eigenvalue weighted by molar-refractivity contribution is 0.0968. The first-order valence-electron chi connectivity index (χ1n) is 6.24. The first-order chi connectivity index (χ1) is 10.1. The summed E-state index contributed by atoms with van der Waals surface area (Å²) in [6.07, 6.45) is 1.95. The number of thiophene rings is 1. The van der Waals surface area contributed by atoms with Gasteiger partial charge in [0.2, 0.25) is 0 Å². The zero-order valence-corrected chi connectivity index (χ0v) is 14.9. The van der Waals surface area contributed by atoms with E-state index in [1.807, 2.05) is 30.5 Å². The highest BCUT2D eigenvalue weighted by molar-refractivity contribution is 9.10.